The van der Waals surface area contributed by atoms with Gasteiger partial charge in [0.05, 0.1) is 17.4 Å². The molecule has 2 unspecified atom stereocenters. The van der Waals surface area contributed by atoms with Crippen molar-refractivity contribution in [1.29, 1.82) is 0 Å². The lowest BCUT2D eigenvalue weighted by Gasteiger charge is -2.62. The van der Waals surface area contributed by atoms with Crippen LogP contribution in [0.25, 0.3) is 0 Å². The first kappa shape index (κ1) is 24.0. The summed E-state index contributed by atoms with van der Waals surface area (Å²) in [4.78, 5) is 37.1. The Labute approximate surface area is 185 Å². The molecule has 0 aromatic carbocycles. The number of hydrogen-bond acceptors (Lipinski definition) is 7. The van der Waals surface area contributed by atoms with Crippen LogP contribution in [0.1, 0.15) is 86.5 Å². The Morgan fingerprint density at radius 1 is 0.968 bits per heavy atom. The van der Waals surface area contributed by atoms with Crippen molar-refractivity contribution in [2.24, 2.45) is 23.2 Å². The van der Waals surface area contributed by atoms with E-state index in [1.807, 2.05) is 27.7 Å². The molecule has 0 aromatic heterocycles. The van der Waals surface area contributed by atoms with E-state index >= 15 is 0 Å². The van der Waals surface area contributed by atoms with Crippen molar-refractivity contribution in [3.63, 3.8) is 0 Å². The van der Waals surface area contributed by atoms with E-state index in [0.717, 1.165) is 25.7 Å². The van der Waals surface area contributed by atoms with E-state index in [4.69, 9.17) is 14.2 Å². The average Bonchev–Trinajstić information content (AvgIpc) is 2.62. The zero-order chi connectivity index (χ0) is 23.2. The second-order valence-electron chi connectivity index (χ2n) is 11.5. The van der Waals surface area contributed by atoms with Crippen LogP contribution >= 0.6 is 0 Å². The first-order valence-corrected chi connectivity index (χ1v) is 11.5. The lowest BCUT2D eigenvalue weighted by atomic mass is 9.48. The van der Waals surface area contributed by atoms with Gasteiger partial charge < -0.3 is 19.3 Å². The number of esters is 3. The molecule has 4 saturated carbocycles. The molecule has 1 N–H and O–H groups in total. The van der Waals surface area contributed by atoms with Crippen molar-refractivity contribution in [1.82, 2.24) is 0 Å². The second-order valence-corrected chi connectivity index (χ2v) is 11.5. The van der Waals surface area contributed by atoms with Crippen molar-refractivity contribution in [3.8, 4) is 0 Å². The minimum Gasteiger partial charge on any atom is -0.459 e. The van der Waals surface area contributed by atoms with E-state index in [1.165, 1.54) is 13.8 Å². The smallest absolute Gasteiger partial charge is 0.344 e. The predicted molar refractivity (Wildman–Crippen MR) is 113 cm³/mol. The van der Waals surface area contributed by atoms with E-state index in [0.29, 0.717) is 18.8 Å². The zero-order valence-corrected chi connectivity index (χ0v) is 19.8. The first-order valence-electron chi connectivity index (χ1n) is 11.5. The van der Waals surface area contributed by atoms with Crippen molar-refractivity contribution in [2.75, 3.05) is 6.61 Å². The van der Waals surface area contributed by atoms with Gasteiger partial charge in [-0.05, 0) is 79.1 Å². The van der Waals surface area contributed by atoms with Crippen molar-refractivity contribution in [3.05, 3.63) is 0 Å². The Morgan fingerprint density at radius 2 is 1.55 bits per heavy atom. The van der Waals surface area contributed by atoms with Crippen LogP contribution in [0, 0.1) is 23.2 Å². The monoisotopic (exact) mass is 438 g/mol. The quantitative estimate of drug-likeness (QED) is 0.457. The summed E-state index contributed by atoms with van der Waals surface area (Å²) in [5.41, 5.74) is -2.80. The van der Waals surface area contributed by atoms with Gasteiger partial charge in [-0.15, -0.1) is 0 Å². The SMILES string of the molecule is CCC(C)(C)C(=O)OC12CC3CC(C1)C(C)(OC(=O)COC(=O)CC(C)(C)O)C(C3)C2. The maximum absolute atomic E-state index is 12.8. The molecule has 0 heterocycles. The van der Waals surface area contributed by atoms with Crippen LogP contribution in [-0.4, -0.2) is 46.4 Å². The molecular weight excluding hydrogens is 400 g/mol. The summed E-state index contributed by atoms with van der Waals surface area (Å²) in [6.07, 6.45) is 4.74. The molecule has 0 aromatic rings. The maximum atomic E-state index is 12.8. The molecule has 4 bridgehead atoms. The molecule has 7 heteroatoms. The van der Waals surface area contributed by atoms with Gasteiger partial charge in [0.15, 0.2) is 6.61 Å². The zero-order valence-electron chi connectivity index (χ0n) is 19.8. The third-order valence-corrected chi connectivity index (χ3v) is 7.76. The van der Waals surface area contributed by atoms with Gasteiger partial charge in [0, 0.05) is 11.8 Å². The number of aliphatic hydroxyl groups is 1. The summed E-state index contributed by atoms with van der Waals surface area (Å²) in [6, 6.07) is 0. The molecule has 0 aliphatic heterocycles. The first-order chi connectivity index (χ1) is 14.2. The van der Waals surface area contributed by atoms with E-state index in [9.17, 15) is 19.5 Å². The fourth-order valence-electron chi connectivity index (χ4n) is 5.70. The molecule has 4 fully saturated rings. The standard InChI is InChI=1S/C24H38O7/c1-7-21(2,3)20(27)31-24-10-15-8-16(11-24)23(6,17(9-15)12-24)30-19(26)14-29-18(25)13-22(4,5)28/h15-17,28H,7-14H2,1-6H3. The van der Waals surface area contributed by atoms with Crippen LogP contribution in [0.15, 0.2) is 0 Å². The largest absolute Gasteiger partial charge is 0.459 e. The Bertz CT molecular complexity index is 717. The predicted octanol–water partition coefficient (Wildman–Crippen LogP) is 3.55. The molecule has 2 atom stereocenters. The molecule has 4 rings (SSSR count). The van der Waals surface area contributed by atoms with Crippen LogP contribution in [0.4, 0.5) is 0 Å². The van der Waals surface area contributed by atoms with Gasteiger partial charge in [-0.2, -0.15) is 0 Å². The fourth-order valence-corrected chi connectivity index (χ4v) is 5.70. The highest BCUT2D eigenvalue weighted by atomic mass is 16.6. The van der Waals surface area contributed by atoms with Gasteiger partial charge >= 0.3 is 17.9 Å². The van der Waals surface area contributed by atoms with E-state index in [-0.39, 0.29) is 24.2 Å². The van der Waals surface area contributed by atoms with Crippen molar-refractivity contribution >= 4 is 17.9 Å². The van der Waals surface area contributed by atoms with Gasteiger partial charge in [0.2, 0.25) is 0 Å². The lowest BCUT2D eigenvalue weighted by molar-refractivity contribution is -0.248. The Balaban J connectivity index is 1.63. The van der Waals surface area contributed by atoms with Crippen LogP contribution in [0.2, 0.25) is 0 Å². The number of carbonyl (C=O) groups is 3. The summed E-state index contributed by atoms with van der Waals surface area (Å²) >= 11 is 0. The summed E-state index contributed by atoms with van der Waals surface area (Å²) in [6.45, 7) is 10.4. The second kappa shape index (κ2) is 8.05. The fraction of sp³-hybridized carbons (Fsp3) is 0.875. The highest BCUT2D eigenvalue weighted by Crippen LogP contribution is 2.62. The third-order valence-electron chi connectivity index (χ3n) is 7.76. The number of hydrogen-bond donors (Lipinski definition) is 1. The summed E-state index contributed by atoms with van der Waals surface area (Å²) in [5.74, 6) is -0.637. The highest BCUT2D eigenvalue weighted by molar-refractivity contribution is 5.77. The summed E-state index contributed by atoms with van der Waals surface area (Å²) in [7, 11) is 0. The highest BCUT2D eigenvalue weighted by Gasteiger charge is 2.64. The Morgan fingerprint density at radius 3 is 2.06 bits per heavy atom. The van der Waals surface area contributed by atoms with E-state index < -0.39 is 40.8 Å². The molecule has 176 valence electrons. The minimum atomic E-state index is -1.19. The molecule has 31 heavy (non-hydrogen) atoms. The topological polar surface area (TPSA) is 99.1 Å². The van der Waals surface area contributed by atoms with Crippen LogP contribution in [-0.2, 0) is 28.6 Å². The van der Waals surface area contributed by atoms with Gasteiger partial charge in [0.25, 0.3) is 0 Å². The molecule has 4 aliphatic carbocycles. The van der Waals surface area contributed by atoms with Crippen LogP contribution in [0.5, 0.6) is 0 Å². The van der Waals surface area contributed by atoms with Crippen LogP contribution in [0.3, 0.4) is 0 Å². The van der Waals surface area contributed by atoms with Crippen molar-refractivity contribution < 1.29 is 33.7 Å². The van der Waals surface area contributed by atoms with Crippen LogP contribution < -0.4 is 0 Å². The van der Waals surface area contributed by atoms with E-state index in [2.05, 4.69) is 0 Å². The number of ether oxygens (including phenoxy) is 3. The summed E-state index contributed by atoms with van der Waals surface area (Å²) in [5, 5.41) is 9.69. The Hall–Kier alpha value is -1.63. The van der Waals surface area contributed by atoms with Gasteiger partial charge in [0.1, 0.15) is 11.2 Å². The molecule has 4 aliphatic rings. The molecule has 0 radical (unpaired) electrons. The van der Waals surface area contributed by atoms with Crippen molar-refractivity contribution in [2.45, 2.75) is 103 Å². The van der Waals surface area contributed by atoms with Gasteiger partial charge in [-0.25, -0.2) is 4.79 Å². The number of carbonyl (C=O) groups excluding carboxylic acids is 3. The minimum absolute atomic E-state index is 0.118. The lowest BCUT2D eigenvalue weighted by Crippen LogP contribution is -2.65. The molecule has 0 amide bonds. The van der Waals surface area contributed by atoms with Gasteiger partial charge in [-0.1, -0.05) is 6.92 Å². The van der Waals surface area contributed by atoms with E-state index in [1.54, 1.807) is 0 Å². The molecular formula is C24H38O7. The maximum Gasteiger partial charge on any atom is 0.344 e. The molecule has 0 spiro atoms. The molecule has 0 saturated heterocycles. The normalized spacial score (nSPS) is 34.4. The average molecular weight is 439 g/mol. The molecule has 7 nitrogen and oxygen atoms in total. The summed E-state index contributed by atoms with van der Waals surface area (Å²) < 4.78 is 17.1. The third kappa shape index (κ3) is 5.07. The Kier molecular flexibility index (Phi) is 6.24. The van der Waals surface area contributed by atoms with Gasteiger partial charge in [-0.3, -0.25) is 9.59 Å². The number of rotatable bonds is 8.